The number of ketones is 1. The fourth-order valence-electron chi connectivity index (χ4n) is 8.48. The number of unbranched alkanes of at least 4 members (excludes halogenated alkanes) is 4. The zero-order chi connectivity index (χ0) is 54.7. The Morgan fingerprint density at radius 1 is 0.892 bits per heavy atom. The van der Waals surface area contributed by atoms with Gasteiger partial charge in [-0.2, -0.15) is 0 Å². The second kappa shape index (κ2) is 25.8. The van der Waals surface area contributed by atoms with Crippen LogP contribution in [0.1, 0.15) is 122 Å². The van der Waals surface area contributed by atoms with E-state index in [2.05, 4.69) is 55.6 Å². The lowest BCUT2D eigenvalue weighted by Gasteiger charge is -2.36. The number of carbonyl (C=O) groups is 4. The highest BCUT2D eigenvalue weighted by atomic mass is 31.3. The van der Waals surface area contributed by atoms with E-state index in [4.69, 9.17) is 10.5 Å². The van der Waals surface area contributed by atoms with Gasteiger partial charge in [0.25, 0.3) is 15.6 Å². The van der Waals surface area contributed by atoms with Crippen LogP contribution in [0.15, 0.2) is 36.9 Å². The number of aryl methyl sites for hydroxylation is 2. The number of Topliss-reactive ketones (excluding diaryl/α,β-unsaturated/α-hetero) is 1. The van der Waals surface area contributed by atoms with E-state index in [-0.39, 0.29) is 54.1 Å². The number of ether oxygens (including phenoxy) is 1. The number of benzene rings is 1. The van der Waals surface area contributed by atoms with Crippen molar-refractivity contribution >= 4 is 64.0 Å². The van der Waals surface area contributed by atoms with Gasteiger partial charge >= 0.3 is 5.97 Å². The molecule has 2 aliphatic rings. The molecule has 1 aliphatic carbocycles. The number of amides is 2. The molecule has 1 saturated carbocycles. The van der Waals surface area contributed by atoms with Crippen LogP contribution in [0.25, 0.3) is 11.2 Å². The molecule has 5 rings (SSSR count). The SMILES string of the molecule is CC(C)(CCCCCc1ccccc1CCCCCC1(C(=O)CCNC(=O)CCNC(=O)C(O)C(C)(C)COP(=O)([O-])OP(=O)([O-])OCC2OC(n3cnc4c(N)ncnc43)C(O)C2OP(=O)([O-])[O-])CC1)C(=O)O. The second-order valence-corrected chi connectivity index (χ2v) is 24.1. The summed E-state index contributed by atoms with van der Waals surface area (Å²) in [6.45, 7) is 3.48. The van der Waals surface area contributed by atoms with Gasteiger partial charge in [-0.05, 0) is 76.3 Å². The Hall–Kier alpha value is -4.10. The first-order valence-electron chi connectivity index (χ1n) is 24.2. The number of aromatic nitrogens is 4. The standard InChI is InChI=1S/C45H70N7O19P3/c1-43(2,42(58)59)19-11-5-7-13-29-15-9-10-16-30(29)14-8-6-12-20-45(21-22-45)32(53)17-23-47-33(54)18-24-48-40(57)37(56)44(3,4)26-68-74(65,66)71-73(63,64)67-25-31-36(70-72(60,61)62)35(55)41(69-31)52-28-51-34-38(46)49-27-50-39(34)52/h9-10,15-16,27-28,31,35-37,41,55-56H,5-8,11-14,17-26H2,1-4H3,(H,47,54)(H,48,57)(H,58,59)(H,63,64)(H,65,66)(H2,46,49,50)(H2,60,61,62)/p-4. The van der Waals surface area contributed by atoms with Crippen LogP contribution in [0.5, 0.6) is 0 Å². The van der Waals surface area contributed by atoms with E-state index >= 15 is 0 Å². The molecule has 0 radical (unpaired) electrons. The van der Waals surface area contributed by atoms with Gasteiger partial charge in [0.05, 0.1) is 32.8 Å². The topological polar surface area (TPSA) is 412 Å². The number of aliphatic hydroxyl groups is 2. The minimum Gasteiger partial charge on any atom is -0.790 e. The van der Waals surface area contributed by atoms with Crippen LogP contribution in [0.4, 0.5) is 5.82 Å². The molecular weight excluding hydrogens is 1040 g/mol. The summed E-state index contributed by atoms with van der Waals surface area (Å²) in [5, 5.41) is 35.9. The number of fused-ring (bicyclic) bond motifs is 1. The molecule has 74 heavy (non-hydrogen) atoms. The number of imidazole rings is 1. The first-order valence-corrected chi connectivity index (χ1v) is 28.6. The molecule has 1 aromatic carbocycles. The zero-order valence-electron chi connectivity index (χ0n) is 41.7. The number of carbonyl (C=O) groups excluding carboxylic acids is 3. The molecule has 29 heteroatoms. The van der Waals surface area contributed by atoms with Gasteiger partial charge in [0, 0.05) is 36.8 Å². The maximum atomic E-state index is 13.1. The molecule has 0 bridgehead atoms. The van der Waals surface area contributed by atoms with Crippen molar-refractivity contribution < 1.29 is 90.4 Å². The van der Waals surface area contributed by atoms with Crippen LogP contribution in [-0.4, -0.2) is 109 Å². The number of phosphoric acid groups is 3. The fraction of sp³-hybridized carbons (Fsp3) is 0.667. The molecule has 2 fully saturated rings. The Balaban J connectivity index is 0.964. The Morgan fingerprint density at radius 3 is 2.14 bits per heavy atom. The first-order chi connectivity index (χ1) is 34.6. The molecule has 3 aromatic rings. The molecule has 2 amide bonds. The Labute approximate surface area is 428 Å². The van der Waals surface area contributed by atoms with E-state index in [0.29, 0.717) is 6.42 Å². The van der Waals surface area contributed by atoms with Gasteiger partial charge in [-0.25, -0.2) is 19.3 Å². The van der Waals surface area contributed by atoms with Crippen molar-refractivity contribution in [2.24, 2.45) is 16.2 Å². The number of aliphatic hydroxyl groups excluding tert-OH is 2. The van der Waals surface area contributed by atoms with Crippen molar-refractivity contribution in [1.29, 1.82) is 0 Å². The predicted octanol–water partition coefficient (Wildman–Crippen LogP) is 1.63. The van der Waals surface area contributed by atoms with Gasteiger partial charge in [-0.1, -0.05) is 63.8 Å². The van der Waals surface area contributed by atoms with Crippen molar-refractivity contribution in [3.05, 3.63) is 48.0 Å². The normalized spacial score (nSPS) is 20.9. The third-order valence-corrected chi connectivity index (χ3v) is 16.2. The largest absolute Gasteiger partial charge is 0.790 e. The van der Waals surface area contributed by atoms with E-state index in [9.17, 15) is 67.8 Å². The van der Waals surface area contributed by atoms with E-state index in [1.54, 1.807) is 13.8 Å². The average molecular weight is 1100 g/mol. The monoisotopic (exact) mass is 1100 g/mol. The molecule has 3 heterocycles. The van der Waals surface area contributed by atoms with Gasteiger partial charge in [0.2, 0.25) is 11.8 Å². The highest BCUT2D eigenvalue weighted by Crippen LogP contribution is 2.57. The summed E-state index contributed by atoms with van der Waals surface area (Å²) in [5.41, 5.74) is 5.61. The summed E-state index contributed by atoms with van der Waals surface area (Å²) in [7, 11) is -17.7. The van der Waals surface area contributed by atoms with E-state index in [0.717, 1.165) is 87.9 Å². The van der Waals surface area contributed by atoms with Gasteiger partial charge in [0.15, 0.2) is 17.7 Å². The number of carboxylic acid groups (broad SMARTS) is 1. The highest BCUT2D eigenvalue weighted by molar-refractivity contribution is 7.59. The summed E-state index contributed by atoms with van der Waals surface area (Å²) in [6, 6.07) is 8.39. The van der Waals surface area contributed by atoms with Crippen molar-refractivity contribution in [2.45, 2.75) is 148 Å². The number of hydrogen-bond acceptors (Lipinski definition) is 22. The Bertz CT molecular complexity index is 2570. The summed E-state index contributed by atoms with van der Waals surface area (Å²) in [5.74, 6) is -2.27. The van der Waals surface area contributed by atoms with Crippen LogP contribution in [0.2, 0.25) is 0 Å². The number of aliphatic carboxylic acids is 1. The quantitative estimate of drug-likeness (QED) is 0.0373. The van der Waals surface area contributed by atoms with Crippen LogP contribution in [0.3, 0.4) is 0 Å². The third kappa shape index (κ3) is 17.7. The van der Waals surface area contributed by atoms with Crippen molar-refractivity contribution in [3.8, 4) is 0 Å². The molecular formula is C45H66N7O19P3-4. The maximum absolute atomic E-state index is 13.1. The lowest BCUT2D eigenvalue weighted by molar-refractivity contribution is -0.347. The van der Waals surface area contributed by atoms with Crippen LogP contribution in [0, 0.1) is 16.2 Å². The highest BCUT2D eigenvalue weighted by Gasteiger charge is 2.49. The lowest BCUT2D eigenvalue weighted by atomic mass is 9.87. The van der Waals surface area contributed by atoms with E-state index in [1.807, 2.05) is 12.1 Å². The van der Waals surface area contributed by atoms with Gasteiger partial charge in [0.1, 0.15) is 42.0 Å². The number of nitrogen functional groups attached to an aromatic ring is 1. The first kappa shape index (κ1) is 60.8. The molecule has 414 valence electrons. The van der Waals surface area contributed by atoms with E-state index in [1.165, 1.54) is 25.0 Å². The van der Waals surface area contributed by atoms with Gasteiger partial charge < -0.3 is 74.1 Å². The molecule has 1 aliphatic heterocycles. The van der Waals surface area contributed by atoms with Crippen molar-refractivity contribution in [1.82, 2.24) is 30.2 Å². The minimum absolute atomic E-state index is 0.0254. The van der Waals surface area contributed by atoms with Crippen molar-refractivity contribution in [3.63, 3.8) is 0 Å². The minimum atomic E-state index is -5.94. The second-order valence-electron chi connectivity index (χ2n) is 20.0. The van der Waals surface area contributed by atoms with E-state index < -0.39 is 95.9 Å². The lowest BCUT2D eigenvalue weighted by Crippen LogP contribution is -2.46. The average Bonchev–Trinajstić information content (AvgIpc) is 3.89. The Morgan fingerprint density at radius 2 is 1.51 bits per heavy atom. The molecule has 7 atom stereocenters. The molecule has 0 spiro atoms. The number of hydrogen-bond donors (Lipinski definition) is 6. The van der Waals surface area contributed by atoms with Crippen molar-refractivity contribution in [2.75, 3.05) is 32.0 Å². The van der Waals surface area contributed by atoms with Crippen LogP contribution >= 0.6 is 23.5 Å². The fourth-order valence-corrected chi connectivity index (χ4v) is 11.2. The smallest absolute Gasteiger partial charge is 0.309 e. The molecule has 26 nitrogen and oxygen atoms in total. The molecule has 7 unspecified atom stereocenters. The predicted molar refractivity (Wildman–Crippen MR) is 254 cm³/mol. The number of nitrogens with zero attached hydrogens (tertiary/aromatic N) is 4. The Kier molecular flexibility index (Phi) is 21.2. The summed E-state index contributed by atoms with van der Waals surface area (Å²) in [6.07, 6.45) is 3.09. The number of carboxylic acids is 1. The van der Waals surface area contributed by atoms with Gasteiger partial charge in [-0.3, -0.25) is 32.9 Å². The van der Waals surface area contributed by atoms with Crippen LogP contribution in [-0.2, 0) is 68.3 Å². The summed E-state index contributed by atoms with van der Waals surface area (Å²) < 4.78 is 61.0. The number of nitrogens with one attached hydrogen (secondary N) is 2. The molecule has 1 saturated heterocycles. The molecule has 7 N–H and O–H groups in total. The third-order valence-electron chi connectivity index (χ3n) is 13.2. The zero-order valence-corrected chi connectivity index (χ0v) is 44.3. The summed E-state index contributed by atoms with van der Waals surface area (Å²) in [4.78, 5) is 110. The number of phosphoric ester groups is 3. The number of rotatable bonds is 33. The number of anilines is 1. The van der Waals surface area contributed by atoms with Gasteiger partial charge in [-0.15, -0.1) is 0 Å². The number of nitrogens with two attached hydrogens (primary N) is 1. The van der Waals surface area contributed by atoms with Crippen LogP contribution < -0.4 is 35.9 Å². The summed E-state index contributed by atoms with van der Waals surface area (Å²) >= 11 is 0. The molecule has 2 aromatic heterocycles. The maximum Gasteiger partial charge on any atom is 0.309 e.